The molecular formula is C14H21N3O. The molecule has 1 saturated carbocycles. The van der Waals surface area contributed by atoms with E-state index in [2.05, 4.69) is 4.98 Å². The molecule has 2 rings (SSSR count). The number of hydrogen-bond acceptors (Lipinski definition) is 3. The molecule has 2 N–H and O–H groups in total. The van der Waals surface area contributed by atoms with E-state index in [-0.39, 0.29) is 11.4 Å². The van der Waals surface area contributed by atoms with E-state index >= 15 is 0 Å². The van der Waals surface area contributed by atoms with E-state index < -0.39 is 0 Å². The fourth-order valence-electron chi connectivity index (χ4n) is 2.55. The predicted molar refractivity (Wildman–Crippen MR) is 72.3 cm³/mol. The number of rotatable bonds is 3. The summed E-state index contributed by atoms with van der Waals surface area (Å²) in [5.74, 6) is 0.0763. The van der Waals surface area contributed by atoms with E-state index in [0.717, 1.165) is 31.4 Å². The first-order chi connectivity index (χ1) is 8.61. The van der Waals surface area contributed by atoms with Crippen molar-refractivity contribution in [2.75, 3.05) is 11.9 Å². The average Bonchev–Trinajstić information content (AvgIpc) is 2.39. The van der Waals surface area contributed by atoms with Crippen LogP contribution in [0.4, 0.5) is 5.69 Å². The van der Waals surface area contributed by atoms with Crippen molar-refractivity contribution < 1.29 is 4.79 Å². The van der Waals surface area contributed by atoms with Gasteiger partial charge in [-0.2, -0.15) is 0 Å². The maximum atomic E-state index is 12.2. The zero-order valence-electron chi connectivity index (χ0n) is 10.9. The molecule has 1 aliphatic rings. The quantitative estimate of drug-likeness (QED) is 0.889. The van der Waals surface area contributed by atoms with E-state index in [1.165, 1.54) is 6.42 Å². The Morgan fingerprint density at radius 1 is 1.44 bits per heavy atom. The van der Waals surface area contributed by atoms with Crippen LogP contribution in [0.5, 0.6) is 0 Å². The monoisotopic (exact) mass is 247 g/mol. The van der Waals surface area contributed by atoms with Crippen molar-refractivity contribution in [1.29, 1.82) is 0 Å². The Kier molecular flexibility index (Phi) is 3.97. The molecule has 0 atom stereocenters. The van der Waals surface area contributed by atoms with Crippen LogP contribution in [0.2, 0.25) is 0 Å². The molecule has 0 radical (unpaired) electrons. The van der Waals surface area contributed by atoms with Gasteiger partial charge in [-0.15, -0.1) is 0 Å². The molecule has 0 bridgehead atoms. The molecule has 98 valence electrons. The summed E-state index contributed by atoms with van der Waals surface area (Å²) in [5, 5.41) is 0. The summed E-state index contributed by atoms with van der Waals surface area (Å²) >= 11 is 0. The summed E-state index contributed by atoms with van der Waals surface area (Å²) in [6.07, 6.45) is 9.26. The standard InChI is InChI=1S/C14H21N3O/c1-17(12-6-5-9-16-11-12)13(18)10-14(15)7-3-2-4-8-14/h5-6,9,11H,2-4,7-8,10,15H2,1H3. The van der Waals surface area contributed by atoms with Gasteiger partial charge in [-0.1, -0.05) is 19.3 Å². The first kappa shape index (κ1) is 13.0. The lowest BCUT2D eigenvalue weighted by atomic mass is 9.80. The van der Waals surface area contributed by atoms with Gasteiger partial charge < -0.3 is 10.6 Å². The normalized spacial score (nSPS) is 18.3. The molecule has 0 spiro atoms. The molecule has 1 heterocycles. The number of carbonyl (C=O) groups excluding carboxylic acids is 1. The van der Waals surface area contributed by atoms with Gasteiger partial charge in [0.05, 0.1) is 11.9 Å². The van der Waals surface area contributed by atoms with Crippen LogP contribution >= 0.6 is 0 Å². The lowest BCUT2D eigenvalue weighted by molar-refractivity contribution is -0.119. The largest absolute Gasteiger partial charge is 0.325 e. The molecule has 1 amide bonds. The molecular weight excluding hydrogens is 226 g/mol. The fourth-order valence-corrected chi connectivity index (χ4v) is 2.55. The van der Waals surface area contributed by atoms with Gasteiger partial charge in [-0.05, 0) is 25.0 Å². The van der Waals surface area contributed by atoms with E-state index in [0.29, 0.717) is 6.42 Å². The molecule has 1 aliphatic carbocycles. The van der Waals surface area contributed by atoms with Gasteiger partial charge in [-0.25, -0.2) is 0 Å². The second-order valence-electron chi connectivity index (χ2n) is 5.26. The fraction of sp³-hybridized carbons (Fsp3) is 0.571. The Morgan fingerprint density at radius 2 is 2.17 bits per heavy atom. The maximum Gasteiger partial charge on any atom is 0.228 e. The Bertz CT molecular complexity index is 399. The number of amides is 1. The number of aromatic nitrogens is 1. The molecule has 4 nitrogen and oxygen atoms in total. The molecule has 0 aliphatic heterocycles. The summed E-state index contributed by atoms with van der Waals surface area (Å²) < 4.78 is 0. The van der Waals surface area contributed by atoms with Crippen molar-refractivity contribution in [1.82, 2.24) is 4.98 Å². The minimum Gasteiger partial charge on any atom is -0.325 e. The van der Waals surface area contributed by atoms with Crippen LogP contribution in [0, 0.1) is 0 Å². The Labute approximate surface area is 108 Å². The van der Waals surface area contributed by atoms with Gasteiger partial charge in [0.15, 0.2) is 0 Å². The van der Waals surface area contributed by atoms with Crippen LogP contribution in [0.25, 0.3) is 0 Å². The topological polar surface area (TPSA) is 59.2 Å². The highest BCUT2D eigenvalue weighted by molar-refractivity contribution is 5.93. The molecule has 1 aromatic heterocycles. The molecule has 18 heavy (non-hydrogen) atoms. The summed E-state index contributed by atoms with van der Waals surface area (Å²) in [5.41, 5.74) is 6.83. The Morgan fingerprint density at radius 3 is 2.78 bits per heavy atom. The smallest absolute Gasteiger partial charge is 0.228 e. The third kappa shape index (κ3) is 3.07. The highest BCUT2D eigenvalue weighted by Crippen LogP contribution is 2.29. The van der Waals surface area contributed by atoms with Crippen molar-refractivity contribution in [3.8, 4) is 0 Å². The molecule has 0 saturated heterocycles. The van der Waals surface area contributed by atoms with Gasteiger partial charge >= 0.3 is 0 Å². The number of anilines is 1. The van der Waals surface area contributed by atoms with Crippen molar-refractivity contribution in [3.05, 3.63) is 24.5 Å². The van der Waals surface area contributed by atoms with Crippen molar-refractivity contribution in [3.63, 3.8) is 0 Å². The molecule has 4 heteroatoms. The second kappa shape index (κ2) is 5.48. The highest BCUT2D eigenvalue weighted by Gasteiger charge is 2.31. The second-order valence-corrected chi connectivity index (χ2v) is 5.26. The van der Waals surface area contributed by atoms with Gasteiger partial charge in [0.25, 0.3) is 0 Å². The number of nitrogens with two attached hydrogens (primary N) is 1. The third-order valence-corrected chi connectivity index (χ3v) is 3.76. The predicted octanol–water partition coefficient (Wildman–Crippen LogP) is 2.10. The lowest BCUT2D eigenvalue weighted by Gasteiger charge is -2.34. The van der Waals surface area contributed by atoms with Gasteiger partial charge in [0, 0.05) is 25.2 Å². The number of nitrogens with zero attached hydrogens (tertiary/aromatic N) is 2. The third-order valence-electron chi connectivity index (χ3n) is 3.76. The van der Waals surface area contributed by atoms with E-state index in [9.17, 15) is 4.79 Å². The minimum absolute atomic E-state index is 0.0763. The molecule has 0 aromatic carbocycles. The van der Waals surface area contributed by atoms with E-state index in [4.69, 9.17) is 5.73 Å². The van der Waals surface area contributed by atoms with E-state index in [1.54, 1.807) is 24.3 Å². The lowest BCUT2D eigenvalue weighted by Crippen LogP contribution is -2.46. The zero-order valence-corrected chi connectivity index (χ0v) is 10.9. The zero-order chi connectivity index (χ0) is 13.0. The number of carbonyl (C=O) groups is 1. The molecule has 1 fully saturated rings. The molecule has 0 unspecified atom stereocenters. The van der Waals surface area contributed by atoms with Crippen LogP contribution in [0.3, 0.4) is 0 Å². The van der Waals surface area contributed by atoms with Crippen LogP contribution in [0.1, 0.15) is 38.5 Å². The van der Waals surface area contributed by atoms with Crippen molar-refractivity contribution >= 4 is 11.6 Å². The minimum atomic E-state index is -0.300. The van der Waals surface area contributed by atoms with Crippen LogP contribution < -0.4 is 10.6 Å². The van der Waals surface area contributed by atoms with Crippen molar-refractivity contribution in [2.45, 2.75) is 44.1 Å². The Hall–Kier alpha value is -1.42. The first-order valence-corrected chi connectivity index (χ1v) is 6.56. The van der Waals surface area contributed by atoms with Crippen LogP contribution in [0.15, 0.2) is 24.5 Å². The highest BCUT2D eigenvalue weighted by atomic mass is 16.2. The molecule has 1 aromatic rings. The van der Waals surface area contributed by atoms with Crippen molar-refractivity contribution in [2.24, 2.45) is 5.73 Å². The van der Waals surface area contributed by atoms with Crippen LogP contribution in [-0.4, -0.2) is 23.5 Å². The number of hydrogen-bond donors (Lipinski definition) is 1. The SMILES string of the molecule is CN(C(=O)CC1(N)CCCCC1)c1cccnc1. The van der Waals surface area contributed by atoms with E-state index in [1.807, 2.05) is 12.1 Å². The average molecular weight is 247 g/mol. The summed E-state index contributed by atoms with van der Waals surface area (Å²) in [6, 6.07) is 3.72. The first-order valence-electron chi connectivity index (χ1n) is 6.56. The number of pyridine rings is 1. The van der Waals surface area contributed by atoms with Gasteiger partial charge in [0.1, 0.15) is 0 Å². The van der Waals surface area contributed by atoms with Gasteiger partial charge in [0.2, 0.25) is 5.91 Å². The van der Waals surface area contributed by atoms with Gasteiger partial charge in [-0.3, -0.25) is 9.78 Å². The Balaban J connectivity index is 1.99. The summed E-state index contributed by atoms with van der Waals surface area (Å²) in [7, 11) is 1.78. The maximum absolute atomic E-state index is 12.2. The summed E-state index contributed by atoms with van der Waals surface area (Å²) in [6.45, 7) is 0. The van der Waals surface area contributed by atoms with Crippen LogP contribution in [-0.2, 0) is 4.79 Å². The summed E-state index contributed by atoms with van der Waals surface area (Å²) in [4.78, 5) is 17.9.